The number of nitrogens with zero attached hydrogens (tertiary/aromatic N) is 2. The van der Waals surface area contributed by atoms with E-state index in [-0.39, 0.29) is 12.1 Å². The topological polar surface area (TPSA) is 65.4 Å². The number of hydrogen-bond donors (Lipinski definition) is 2. The van der Waals surface area contributed by atoms with Crippen molar-refractivity contribution in [3.8, 4) is 0 Å². The van der Waals surface area contributed by atoms with Gasteiger partial charge in [-0.3, -0.25) is 10.4 Å². The van der Waals surface area contributed by atoms with Gasteiger partial charge >= 0.3 is 0 Å². The molecule has 0 aromatic heterocycles. The van der Waals surface area contributed by atoms with Gasteiger partial charge in [0.25, 0.3) is 0 Å². The highest BCUT2D eigenvalue weighted by Crippen LogP contribution is 2.29. The van der Waals surface area contributed by atoms with Crippen LogP contribution in [0.15, 0.2) is 0 Å². The second kappa shape index (κ2) is 9.15. The Morgan fingerprint density at radius 3 is 1.27 bits per heavy atom. The van der Waals surface area contributed by atoms with Crippen LogP contribution in [0.25, 0.3) is 0 Å². The maximum atomic E-state index is 10.3. The van der Waals surface area contributed by atoms with Crippen LogP contribution in [0, 0.1) is 0 Å². The summed E-state index contributed by atoms with van der Waals surface area (Å²) in [6.45, 7) is 5.51. The van der Waals surface area contributed by atoms with E-state index in [4.69, 9.17) is 9.47 Å². The van der Waals surface area contributed by atoms with E-state index in [0.29, 0.717) is 12.2 Å². The van der Waals surface area contributed by atoms with Gasteiger partial charge in [0.15, 0.2) is 0 Å². The molecule has 0 radical (unpaired) electrons. The molecular weight excluding hydrogens is 284 g/mol. The van der Waals surface area contributed by atoms with Crippen LogP contribution in [0.4, 0.5) is 0 Å². The van der Waals surface area contributed by atoms with Crippen molar-refractivity contribution in [1.29, 1.82) is 0 Å². The van der Waals surface area contributed by atoms with Gasteiger partial charge in [-0.15, -0.1) is 0 Å². The summed E-state index contributed by atoms with van der Waals surface area (Å²) >= 11 is 0. The molecule has 0 aromatic carbocycles. The van der Waals surface area contributed by atoms with Crippen molar-refractivity contribution >= 4 is 0 Å². The predicted octanol–water partition coefficient (Wildman–Crippen LogP) is 2.98. The standard InChI is InChI=1S/C16H32N2O4/c1-3-21-15-9-5-13(6-10-15)17(19)18(20)14-7-11-16(12-8-14)22-4-2/h13-16,19-20H,3-12H2,1-2H3. The Hall–Kier alpha value is -0.240. The van der Waals surface area contributed by atoms with Crippen LogP contribution in [-0.2, 0) is 9.47 Å². The van der Waals surface area contributed by atoms with Crippen molar-refractivity contribution in [1.82, 2.24) is 10.3 Å². The molecule has 0 amide bonds. The van der Waals surface area contributed by atoms with Crippen molar-refractivity contribution < 1.29 is 19.9 Å². The molecule has 130 valence electrons. The number of hydrogen-bond acceptors (Lipinski definition) is 6. The first-order valence-electron chi connectivity index (χ1n) is 8.85. The maximum Gasteiger partial charge on any atom is 0.0576 e. The van der Waals surface area contributed by atoms with Crippen LogP contribution < -0.4 is 0 Å². The molecule has 2 N–H and O–H groups in total. The normalized spacial score (nSPS) is 33.5. The van der Waals surface area contributed by atoms with Crippen molar-refractivity contribution in [2.45, 2.75) is 89.5 Å². The Balaban J connectivity index is 1.74. The maximum absolute atomic E-state index is 10.3. The minimum Gasteiger partial charge on any atom is -0.379 e. The van der Waals surface area contributed by atoms with E-state index in [9.17, 15) is 10.4 Å². The van der Waals surface area contributed by atoms with Gasteiger partial charge in [0.1, 0.15) is 0 Å². The Morgan fingerprint density at radius 2 is 1.00 bits per heavy atom. The van der Waals surface area contributed by atoms with Crippen LogP contribution >= 0.6 is 0 Å². The Kier molecular flexibility index (Phi) is 7.53. The van der Waals surface area contributed by atoms with E-state index >= 15 is 0 Å². The Labute approximate surface area is 133 Å². The SMILES string of the molecule is CCOC1CCC(N(O)N(O)C2CCC(OCC)CC2)CC1. The van der Waals surface area contributed by atoms with Crippen molar-refractivity contribution in [3.05, 3.63) is 0 Å². The molecule has 6 nitrogen and oxygen atoms in total. The lowest BCUT2D eigenvalue weighted by Gasteiger charge is -2.40. The summed E-state index contributed by atoms with van der Waals surface area (Å²) in [6.07, 6.45) is 7.81. The first-order chi connectivity index (χ1) is 10.7. The molecule has 22 heavy (non-hydrogen) atoms. The summed E-state index contributed by atoms with van der Waals surface area (Å²) in [6, 6.07) is -0.0161. The molecule has 0 aliphatic heterocycles. The van der Waals surface area contributed by atoms with Gasteiger partial charge in [-0.2, -0.15) is 0 Å². The largest absolute Gasteiger partial charge is 0.379 e. The van der Waals surface area contributed by atoms with Crippen molar-refractivity contribution in [2.24, 2.45) is 0 Å². The number of ether oxygens (including phenoxy) is 2. The number of hydroxylamine groups is 2. The summed E-state index contributed by atoms with van der Waals surface area (Å²) in [5, 5.41) is 22.8. The fourth-order valence-corrected chi connectivity index (χ4v) is 3.69. The van der Waals surface area contributed by atoms with E-state index < -0.39 is 0 Å². The molecule has 0 saturated heterocycles. The lowest BCUT2D eigenvalue weighted by Crippen LogP contribution is -2.52. The molecule has 0 heterocycles. The Bertz CT molecular complexity index is 273. The predicted molar refractivity (Wildman–Crippen MR) is 82.6 cm³/mol. The lowest BCUT2D eigenvalue weighted by atomic mass is 9.92. The minimum atomic E-state index is -0.00804. The molecule has 0 bridgehead atoms. The van der Waals surface area contributed by atoms with E-state index in [1.54, 1.807) is 0 Å². The average Bonchev–Trinajstić information content (AvgIpc) is 2.55. The highest BCUT2D eigenvalue weighted by Gasteiger charge is 2.33. The second-order valence-corrected chi connectivity index (χ2v) is 6.41. The second-order valence-electron chi connectivity index (χ2n) is 6.41. The van der Waals surface area contributed by atoms with E-state index in [2.05, 4.69) is 0 Å². The third-order valence-electron chi connectivity index (χ3n) is 4.96. The molecule has 0 unspecified atom stereocenters. The van der Waals surface area contributed by atoms with Gasteiger partial charge in [0, 0.05) is 13.2 Å². The van der Waals surface area contributed by atoms with Gasteiger partial charge in [-0.1, -0.05) is 10.3 Å². The molecule has 2 aliphatic rings. The summed E-state index contributed by atoms with van der Waals surface area (Å²) in [5.41, 5.74) is 0. The summed E-state index contributed by atoms with van der Waals surface area (Å²) < 4.78 is 11.3. The Morgan fingerprint density at radius 1 is 0.682 bits per heavy atom. The van der Waals surface area contributed by atoms with Crippen LogP contribution in [-0.4, -0.2) is 58.3 Å². The van der Waals surface area contributed by atoms with Crippen LogP contribution in [0.5, 0.6) is 0 Å². The molecule has 2 aliphatic carbocycles. The average molecular weight is 316 g/mol. The highest BCUT2D eigenvalue weighted by atomic mass is 16.7. The summed E-state index contributed by atoms with van der Waals surface area (Å²) in [5.74, 6) is 0. The monoisotopic (exact) mass is 316 g/mol. The molecule has 0 atom stereocenters. The van der Waals surface area contributed by atoms with Gasteiger partial charge in [0.2, 0.25) is 0 Å². The van der Waals surface area contributed by atoms with E-state index in [0.717, 1.165) is 74.9 Å². The number of hydrazine groups is 1. The fourth-order valence-electron chi connectivity index (χ4n) is 3.69. The molecule has 2 rings (SSSR count). The first-order valence-corrected chi connectivity index (χ1v) is 8.85. The third kappa shape index (κ3) is 4.88. The summed E-state index contributed by atoms with van der Waals surface area (Å²) in [4.78, 5) is 0. The minimum absolute atomic E-state index is 0.00804. The summed E-state index contributed by atoms with van der Waals surface area (Å²) in [7, 11) is 0. The van der Waals surface area contributed by atoms with Gasteiger partial charge in [-0.25, -0.2) is 0 Å². The van der Waals surface area contributed by atoms with Gasteiger partial charge in [0.05, 0.1) is 24.3 Å². The van der Waals surface area contributed by atoms with Crippen LogP contribution in [0.3, 0.4) is 0 Å². The number of rotatable bonds is 7. The highest BCUT2D eigenvalue weighted by molar-refractivity contribution is 4.79. The van der Waals surface area contributed by atoms with Crippen LogP contribution in [0.1, 0.15) is 65.2 Å². The van der Waals surface area contributed by atoms with Crippen LogP contribution in [0.2, 0.25) is 0 Å². The zero-order chi connectivity index (χ0) is 15.9. The quantitative estimate of drug-likeness (QED) is 0.704. The van der Waals surface area contributed by atoms with Crippen molar-refractivity contribution in [3.63, 3.8) is 0 Å². The molecule has 2 fully saturated rings. The molecule has 0 spiro atoms. The zero-order valence-electron chi connectivity index (χ0n) is 14.0. The molecule has 2 saturated carbocycles. The first kappa shape index (κ1) is 18.1. The van der Waals surface area contributed by atoms with Gasteiger partial charge in [-0.05, 0) is 65.2 Å². The molecular formula is C16H32N2O4. The van der Waals surface area contributed by atoms with E-state index in [1.807, 2.05) is 13.8 Å². The fraction of sp³-hybridized carbons (Fsp3) is 1.00. The molecule has 0 aromatic rings. The molecule has 6 heteroatoms. The smallest absolute Gasteiger partial charge is 0.0576 e. The van der Waals surface area contributed by atoms with Crippen molar-refractivity contribution in [2.75, 3.05) is 13.2 Å². The third-order valence-corrected chi connectivity index (χ3v) is 4.96. The van der Waals surface area contributed by atoms with E-state index in [1.165, 1.54) is 0 Å². The lowest BCUT2D eigenvalue weighted by molar-refractivity contribution is -0.406. The zero-order valence-corrected chi connectivity index (χ0v) is 14.0. The van der Waals surface area contributed by atoms with Gasteiger partial charge < -0.3 is 9.47 Å².